The van der Waals surface area contributed by atoms with Gasteiger partial charge in [0, 0.05) is 0 Å². The quantitative estimate of drug-likeness (QED) is 0.465. The van der Waals surface area contributed by atoms with Crippen LogP contribution in [0.1, 0.15) is 0 Å². The van der Waals surface area contributed by atoms with Crippen molar-refractivity contribution in [3.63, 3.8) is 0 Å². The minimum absolute atomic E-state index is 0.871. The SMILES string of the molecule is C=NC=NC=NC=NC=NC=NC=N. The molecule has 14 heavy (non-hydrogen) atoms. The summed E-state index contributed by atoms with van der Waals surface area (Å²) >= 11 is 0. The molecule has 0 unspecified atom stereocenters. The summed E-state index contributed by atoms with van der Waals surface area (Å²) in [5.74, 6) is 0. The number of rotatable bonds is 6. The van der Waals surface area contributed by atoms with Gasteiger partial charge in [0.2, 0.25) is 0 Å². The van der Waals surface area contributed by atoms with E-state index in [1.54, 1.807) is 0 Å². The summed E-state index contributed by atoms with van der Waals surface area (Å²) < 4.78 is 0. The van der Waals surface area contributed by atoms with Crippen molar-refractivity contribution in [3.05, 3.63) is 0 Å². The average molecular weight is 191 g/mol. The fourth-order valence-corrected chi connectivity index (χ4v) is 0.354. The van der Waals surface area contributed by atoms with E-state index >= 15 is 0 Å². The van der Waals surface area contributed by atoms with Crippen molar-refractivity contribution in [1.29, 1.82) is 5.41 Å². The predicted octanol–water partition coefficient (Wildman–Crippen LogP) is 0.436. The first-order valence-corrected chi connectivity index (χ1v) is 3.45. The lowest BCUT2D eigenvalue weighted by atomic mass is 11.1. The molecule has 0 bridgehead atoms. The first kappa shape index (κ1) is 11.7. The molecule has 0 aromatic carbocycles. The molecular formula is C7H9N7. The zero-order valence-electron chi connectivity index (χ0n) is 7.35. The molecule has 0 aliphatic rings. The van der Waals surface area contributed by atoms with Crippen LogP contribution in [0.5, 0.6) is 0 Å². The van der Waals surface area contributed by atoms with Gasteiger partial charge in [0.15, 0.2) is 0 Å². The highest BCUT2D eigenvalue weighted by Crippen LogP contribution is 1.65. The van der Waals surface area contributed by atoms with Crippen LogP contribution in [0, 0.1) is 5.41 Å². The van der Waals surface area contributed by atoms with Crippen LogP contribution in [0.4, 0.5) is 0 Å². The van der Waals surface area contributed by atoms with E-state index in [0.717, 1.165) is 6.34 Å². The molecule has 0 aliphatic heterocycles. The predicted molar refractivity (Wildman–Crippen MR) is 60.8 cm³/mol. The van der Waals surface area contributed by atoms with E-state index in [1.807, 2.05) is 0 Å². The Kier molecular flexibility index (Phi) is 8.93. The van der Waals surface area contributed by atoms with Gasteiger partial charge in [0.1, 0.15) is 38.0 Å². The molecule has 0 spiro atoms. The largest absolute Gasteiger partial charge is 0.289 e. The van der Waals surface area contributed by atoms with Gasteiger partial charge in [-0.15, -0.1) is 0 Å². The molecule has 0 saturated heterocycles. The molecule has 72 valence electrons. The minimum Gasteiger partial charge on any atom is -0.289 e. The first-order valence-electron chi connectivity index (χ1n) is 3.45. The topological polar surface area (TPSA) is 98.0 Å². The lowest BCUT2D eigenvalue weighted by Gasteiger charge is -1.73. The summed E-state index contributed by atoms with van der Waals surface area (Å²) in [4.78, 5) is 21.2. The number of aliphatic imine (C=N–C) groups is 6. The summed E-state index contributed by atoms with van der Waals surface area (Å²) in [7, 11) is 0. The second-order valence-corrected chi connectivity index (χ2v) is 1.63. The highest BCUT2D eigenvalue weighted by atomic mass is 15.0. The maximum absolute atomic E-state index is 6.52. The second kappa shape index (κ2) is 10.7. The van der Waals surface area contributed by atoms with Gasteiger partial charge in [-0.3, -0.25) is 10.4 Å². The monoisotopic (exact) mass is 191 g/mol. The summed E-state index contributed by atoms with van der Waals surface area (Å²) in [6.07, 6.45) is 7.06. The lowest BCUT2D eigenvalue weighted by molar-refractivity contribution is 1.51. The Balaban J connectivity index is 3.72. The van der Waals surface area contributed by atoms with Crippen LogP contribution < -0.4 is 0 Å². The molecule has 0 radical (unpaired) electrons. The fraction of sp³-hybridized carbons (Fsp3) is 0. The molecule has 0 aromatic rings. The molecular weight excluding hydrogens is 182 g/mol. The number of hydrogen-bond donors (Lipinski definition) is 1. The second-order valence-electron chi connectivity index (χ2n) is 1.63. The van der Waals surface area contributed by atoms with Crippen molar-refractivity contribution in [2.45, 2.75) is 0 Å². The summed E-state index contributed by atoms with van der Waals surface area (Å²) in [5.41, 5.74) is 0. The van der Waals surface area contributed by atoms with E-state index in [2.05, 4.69) is 36.7 Å². The highest BCUT2D eigenvalue weighted by molar-refractivity contribution is 5.83. The maximum atomic E-state index is 6.52. The zero-order valence-corrected chi connectivity index (χ0v) is 7.35. The van der Waals surface area contributed by atoms with Crippen LogP contribution in [0.2, 0.25) is 0 Å². The van der Waals surface area contributed by atoms with Crippen LogP contribution in [0.15, 0.2) is 30.0 Å². The van der Waals surface area contributed by atoms with E-state index in [0.29, 0.717) is 0 Å². The lowest BCUT2D eigenvalue weighted by Crippen LogP contribution is -1.73. The smallest absolute Gasteiger partial charge is 0.119 e. The van der Waals surface area contributed by atoms with Crippen molar-refractivity contribution in [3.8, 4) is 0 Å². The van der Waals surface area contributed by atoms with Crippen molar-refractivity contribution in [2.24, 2.45) is 30.0 Å². The van der Waals surface area contributed by atoms with Gasteiger partial charge < -0.3 is 0 Å². The molecule has 0 fully saturated rings. The molecule has 7 nitrogen and oxygen atoms in total. The van der Waals surface area contributed by atoms with E-state index in [9.17, 15) is 0 Å². The van der Waals surface area contributed by atoms with Gasteiger partial charge in [0.05, 0.1) is 0 Å². The minimum atomic E-state index is 0.871. The molecule has 0 saturated carbocycles. The summed E-state index contributed by atoms with van der Waals surface area (Å²) in [6.45, 7) is 3.19. The number of hydrogen-bond acceptors (Lipinski definition) is 1. The van der Waals surface area contributed by atoms with E-state index in [-0.39, 0.29) is 0 Å². The van der Waals surface area contributed by atoms with Crippen LogP contribution in [0.25, 0.3) is 0 Å². The Morgan fingerprint density at radius 1 is 0.714 bits per heavy atom. The number of nitrogens with zero attached hydrogens (tertiary/aromatic N) is 6. The first-order chi connectivity index (χ1) is 6.91. The average Bonchev–Trinajstić information content (AvgIpc) is 2.21. The zero-order chi connectivity index (χ0) is 10.5. The molecule has 7 heteroatoms. The maximum Gasteiger partial charge on any atom is 0.119 e. The Labute approximate surface area is 81.0 Å². The van der Waals surface area contributed by atoms with Gasteiger partial charge in [-0.05, 0) is 6.72 Å². The van der Waals surface area contributed by atoms with Crippen LogP contribution >= 0.6 is 0 Å². The van der Waals surface area contributed by atoms with Gasteiger partial charge in [-0.2, -0.15) is 0 Å². The van der Waals surface area contributed by atoms with Crippen molar-refractivity contribution >= 4 is 44.7 Å². The highest BCUT2D eigenvalue weighted by Gasteiger charge is 1.63. The van der Waals surface area contributed by atoms with Gasteiger partial charge in [-0.25, -0.2) is 25.0 Å². The van der Waals surface area contributed by atoms with Crippen molar-refractivity contribution < 1.29 is 0 Å². The third-order valence-corrected chi connectivity index (χ3v) is 0.756. The van der Waals surface area contributed by atoms with E-state index in [1.165, 1.54) is 31.7 Å². The molecule has 0 aliphatic carbocycles. The molecule has 0 atom stereocenters. The molecule has 0 heterocycles. The normalized spacial score (nSPS) is 12.9. The Bertz CT molecular complexity index is 267. The molecule has 0 aromatic heterocycles. The summed E-state index contributed by atoms with van der Waals surface area (Å²) in [5, 5.41) is 6.52. The van der Waals surface area contributed by atoms with Gasteiger partial charge in [-0.1, -0.05) is 0 Å². The third-order valence-electron chi connectivity index (χ3n) is 0.756. The van der Waals surface area contributed by atoms with E-state index in [4.69, 9.17) is 5.41 Å². The van der Waals surface area contributed by atoms with Crippen LogP contribution in [-0.2, 0) is 0 Å². The summed E-state index contributed by atoms with van der Waals surface area (Å²) in [6, 6.07) is 0. The Morgan fingerprint density at radius 3 is 1.57 bits per heavy atom. The fourth-order valence-electron chi connectivity index (χ4n) is 0.354. The van der Waals surface area contributed by atoms with Crippen LogP contribution in [-0.4, -0.2) is 44.7 Å². The van der Waals surface area contributed by atoms with Crippen LogP contribution in [0.3, 0.4) is 0 Å². The van der Waals surface area contributed by atoms with Gasteiger partial charge in [0.25, 0.3) is 0 Å². The Morgan fingerprint density at radius 2 is 1.14 bits per heavy atom. The van der Waals surface area contributed by atoms with Gasteiger partial charge >= 0.3 is 0 Å². The number of nitrogens with one attached hydrogen (secondary N) is 1. The van der Waals surface area contributed by atoms with Crippen molar-refractivity contribution in [2.75, 3.05) is 0 Å². The standard InChI is InChI=1S/C7H9N7/c1-9-3-11-5-13-7-14-6-12-4-10-2-8/h2-8H,1H2. The molecule has 0 rings (SSSR count). The van der Waals surface area contributed by atoms with Crippen molar-refractivity contribution in [1.82, 2.24) is 0 Å². The van der Waals surface area contributed by atoms with E-state index < -0.39 is 0 Å². The Hall–Kier alpha value is -2.31. The molecule has 0 amide bonds. The molecule has 1 N–H and O–H groups in total. The third kappa shape index (κ3) is 9.69.